The van der Waals surface area contributed by atoms with Gasteiger partial charge in [-0.3, -0.25) is 14.8 Å². The Balaban J connectivity index is 1.35. The molecule has 0 aliphatic heterocycles. The van der Waals surface area contributed by atoms with Crippen LogP contribution in [0.4, 0.5) is 14.5 Å². The predicted octanol–water partition coefficient (Wildman–Crippen LogP) is 5.40. The summed E-state index contributed by atoms with van der Waals surface area (Å²) in [5.41, 5.74) is 1.35. The number of halogens is 2. The Labute approximate surface area is 218 Å². The lowest BCUT2D eigenvalue weighted by molar-refractivity contribution is 0.102. The van der Waals surface area contributed by atoms with Gasteiger partial charge >= 0.3 is 0 Å². The number of likely N-dealkylation sites (N-methyl/N-ethyl adjacent to an activating group) is 1. The standard InChI is InChI=1S/C28H26F2N4O4/c1-16-11-26(37-18-3-4-18)21(15-33-16)28(35)34-17-12-22(29)27(23(30)13-17)38-25-7-8-32-24-14-19(5-6-20(24)25)36-10-9-31-2/h5-8,11-15,18,31H,3-4,9-10H2,1-2H3,(H,34,35). The van der Waals surface area contributed by atoms with Gasteiger partial charge in [0.1, 0.15) is 29.4 Å². The van der Waals surface area contributed by atoms with E-state index in [0.29, 0.717) is 41.2 Å². The van der Waals surface area contributed by atoms with Gasteiger partial charge in [-0.25, -0.2) is 8.78 Å². The predicted molar refractivity (Wildman–Crippen MR) is 138 cm³/mol. The van der Waals surface area contributed by atoms with Crippen LogP contribution in [0.3, 0.4) is 0 Å². The summed E-state index contributed by atoms with van der Waals surface area (Å²) in [6.45, 7) is 2.95. The summed E-state index contributed by atoms with van der Waals surface area (Å²) in [4.78, 5) is 21.3. The molecule has 0 spiro atoms. The van der Waals surface area contributed by atoms with Crippen molar-refractivity contribution in [1.82, 2.24) is 15.3 Å². The molecule has 38 heavy (non-hydrogen) atoms. The minimum absolute atomic E-state index is 0.0661. The average Bonchev–Trinajstić information content (AvgIpc) is 3.70. The summed E-state index contributed by atoms with van der Waals surface area (Å²) in [6, 6.07) is 10.4. The number of aromatic nitrogens is 2. The van der Waals surface area contributed by atoms with Crippen molar-refractivity contribution >= 4 is 22.5 Å². The van der Waals surface area contributed by atoms with Crippen LogP contribution in [0.5, 0.6) is 23.0 Å². The van der Waals surface area contributed by atoms with Gasteiger partial charge in [0.25, 0.3) is 5.91 Å². The molecule has 1 fully saturated rings. The molecule has 10 heteroatoms. The van der Waals surface area contributed by atoms with E-state index in [4.69, 9.17) is 14.2 Å². The summed E-state index contributed by atoms with van der Waals surface area (Å²) in [5.74, 6) is -1.92. The van der Waals surface area contributed by atoms with E-state index in [1.807, 2.05) is 7.05 Å². The normalized spacial score (nSPS) is 12.8. The number of hydrogen-bond donors (Lipinski definition) is 2. The molecule has 4 aromatic rings. The molecule has 2 aromatic carbocycles. The minimum Gasteiger partial charge on any atom is -0.492 e. The zero-order valence-corrected chi connectivity index (χ0v) is 20.9. The first-order valence-electron chi connectivity index (χ1n) is 12.2. The summed E-state index contributed by atoms with van der Waals surface area (Å²) in [5, 5.41) is 6.07. The van der Waals surface area contributed by atoms with Crippen LogP contribution >= 0.6 is 0 Å². The second kappa shape index (κ2) is 11.0. The molecule has 1 aliphatic carbocycles. The van der Waals surface area contributed by atoms with Gasteiger partial charge in [-0.2, -0.15) is 0 Å². The van der Waals surface area contributed by atoms with Gasteiger partial charge in [0, 0.05) is 60.0 Å². The fourth-order valence-corrected chi connectivity index (χ4v) is 3.76. The molecular formula is C28H26F2N4O4. The Hall–Kier alpha value is -4.31. The van der Waals surface area contributed by atoms with Crippen molar-refractivity contribution in [2.45, 2.75) is 25.9 Å². The van der Waals surface area contributed by atoms with Gasteiger partial charge < -0.3 is 24.8 Å². The summed E-state index contributed by atoms with van der Waals surface area (Å²) in [7, 11) is 1.83. The third kappa shape index (κ3) is 5.81. The number of aryl methyl sites for hydroxylation is 1. The van der Waals surface area contributed by atoms with Crippen molar-refractivity contribution in [3.63, 3.8) is 0 Å². The lowest BCUT2D eigenvalue weighted by Crippen LogP contribution is -2.15. The molecule has 0 bridgehead atoms. The Morgan fingerprint density at radius 3 is 2.58 bits per heavy atom. The summed E-state index contributed by atoms with van der Waals surface area (Å²) in [6.07, 6.45) is 4.77. The first-order valence-corrected chi connectivity index (χ1v) is 12.2. The van der Waals surface area contributed by atoms with Crippen molar-refractivity contribution in [2.24, 2.45) is 0 Å². The number of carbonyl (C=O) groups is 1. The van der Waals surface area contributed by atoms with Gasteiger partial charge in [-0.15, -0.1) is 0 Å². The maximum absolute atomic E-state index is 15.0. The van der Waals surface area contributed by atoms with Crippen LogP contribution in [-0.4, -0.2) is 42.2 Å². The molecule has 0 atom stereocenters. The number of amides is 1. The van der Waals surface area contributed by atoms with E-state index in [1.54, 1.807) is 31.2 Å². The maximum Gasteiger partial charge on any atom is 0.261 e. The topological polar surface area (TPSA) is 94.6 Å². The van der Waals surface area contributed by atoms with Crippen LogP contribution in [-0.2, 0) is 0 Å². The molecule has 2 aromatic heterocycles. The average molecular weight is 521 g/mol. The van der Waals surface area contributed by atoms with Crippen LogP contribution in [0.1, 0.15) is 28.9 Å². The van der Waals surface area contributed by atoms with E-state index in [0.717, 1.165) is 25.0 Å². The summed E-state index contributed by atoms with van der Waals surface area (Å²) >= 11 is 0. The van der Waals surface area contributed by atoms with Gasteiger partial charge in [0.05, 0.1) is 11.6 Å². The first kappa shape index (κ1) is 25.3. The van der Waals surface area contributed by atoms with Crippen molar-refractivity contribution in [1.29, 1.82) is 0 Å². The fourth-order valence-electron chi connectivity index (χ4n) is 3.76. The van der Waals surface area contributed by atoms with E-state index in [-0.39, 0.29) is 23.1 Å². The zero-order valence-electron chi connectivity index (χ0n) is 20.9. The number of rotatable bonds is 10. The number of benzene rings is 2. The molecular weight excluding hydrogens is 494 g/mol. The van der Waals surface area contributed by atoms with Gasteiger partial charge in [0.2, 0.25) is 0 Å². The second-order valence-electron chi connectivity index (χ2n) is 8.90. The Morgan fingerprint density at radius 1 is 1.05 bits per heavy atom. The molecule has 5 rings (SSSR count). The fraction of sp³-hybridized carbons (Fsp3) is 0.250. The van der Waals surface area contributed by atoms with Gasteiger partial charge in [0.15, 0.2) is 17.4 Å². The molecule has 1 aliphatic rings. The number of fused-ring (bicyclic) bond motifs is 1. The molecule has 2 N–H and O–H groups in total. The van der Waals surface area contributed by atoms with Crippen LogP contribution in [0, 0.1) is 18.6 Å². The Kier molecular flexibility index (Phi) is 7.32. The van der Waals surface area contributed by atoms with E-state index in [2.05, 4.69) is 20.6 Å². The lowest BCUT2D eigenvalue weighted by atomic mass is 10.2. The number of nitrogens with zero attached hydrogens (tertiary/aromatic N) is 2. The molecule has 0 unspecified atom stereocenters. The smallest absolute Gasteiger partial charge is 0.261 e. The monoisotopic (exact) mass is 520 g/mol. The number of carbonyl (C=O) groups excluding carboxylic acids is 1. The number of hydrogen-bond acceptors (Lipinski definition) is 7. The highest BCUT2D eigenvalue weighted by molar-refractivity contribution is 6.06. The summed E-state index contributed by atoms with van der Waals surface area (Å²) < 4.78 is 47.1. The maximum atomic E-state index is 15.0. The highest BCUT2D eigenvalue weighted by Gasteiger charge is 2.26. The van der Waals surface area contributed by atoms with Crippen molar-refractivity contribution < 1.29 is 27.8 Å². The second-order valence-corrected chi connectivity index (χ2v) is 8.90. The van der Waals surface area contributed by atoms with Crippen LogP contribution < -0.4 is 24.8 Å². The molecule has 1 amide bonds. The van der Waals surface area contributed by atoms with E-state index < -0.39 is 23.3 Å². The number of ether oxygens (including phenoxy) is 3. The number of pyridine rings is 2. The molecule has 2 heterocycles. The van der Waals surface area contributed by atoms with E-state index in [1.165, 1.54) is 18.5 Å². The van der Waals surface area contributed by atoms with Crippen LogP contribution in [0.15, 0.2) is 54.9 Å². The van der Waals surface area contributed by atoms with Crippen molar-refractivity contribution in [3.05, 3.63) is 77.8 Å². The van der Waals surface area contributed by atoms with Gasteiger partial charge in [-0.1, -0.05) is 0 Å². The van der Waals surface area contributed by atoms with Crippen LogP contribution in [0.2, 0.25) is 0 Å². The highest BCUT2D eigenvalue weighted by Crippen LogP contribution is 2.35. The molecule has 0 radical (unpaired) electrons. The zero-order chi connectivity index (χ0) is 26.6. The molecule has 0 saturated heterocycles. The third-order valence-electron chi connectivity index (χ3n) is 5.83. The third-order valence-corrected chi connectivity index (χ3v) is 5.83. The van der Waals surface area contributed by atoms with Gasteiger partial charge in [-0.05, 0) is 45.0 Å². The first-order chi connectivity index (χ1) is 18.4. The Morgan fingerprint density at radius 2 is 1.84 bits per heavy atom. The molecule has 8 nitrogen and oxygen atoms in total. The van der Waals surface area contributed by atoms with E-state index >= 15 is 8.78 Å². The highest BCUT2D eigenvalue weighted by atomic mass is 19.1. The SMILES string of the molecule is CNCCOc1ccc2c(Oc3c(F)cc(NC(=O)c4cnc(C)cc4OC4CC4)cc3F)ccnc2c1. The van der Waals surface area contributed by atoms with Crippen molar-refractivity contribution in [3.8, 4) is 23.0 Å². The quantitative estimate of drug-likeness (QED) is 0.270. The molecule has 1 saturated carbocycles. The molecule has 196 valence electrons. The largest absolute Gasteiger partial charge is 0.492 e. The van der Waals surface area contributed by atoms with E-state index in [9.17, 15) is 4.79 Å². The Bertz CT molecular complexity index is 1470. The number of anilines is 1. The number of nitrogens with one attached hydrogen (secondary N) is 2. The van der Waals surface area contributed by atoms with Crippen LogP contribution in [0.25, 0.3) is 10.9 Å². The minimum atomic E-state index is -0.978. The lowest BCUT2D eigenvalue weighted by Gasteiger charge is -2.14. The van der Waals surface area contributed by atoms with Crippen molar-refractivity contribution in [2.75, 3.05) is 25.5 Å².